The zero-order valence-corrected chi connectivity index (χ0v) is 16.4. The van der Waals surface area contributed by atoms with Crippen LogP contribution in [0.15, 0.2) is 71.0 Å². The first kappa shape index (κ1) is 19.5. The van der Waals surface area contributed by atoms with Gasteiger partial charge in [-0.05, 0) is 60.9 Å². The van der Waals surface area contributed by atoms with E-state index in [1.165, 1.54) is 0 Å². The molecule has 0 amide bonds. The fourth-order valence-electron chi connectivity index (χ4n) is 2.87. The predicted octanol–water partition coefficient (Wildman–Crippen LogP) is 5.84. The highest BCUT2D eigenvalue weighted by Crippen LogP contribution is 2.25. The van der Waals surface area contributed by atoms with Crippen molar-refractivity contribution < 1.29 is 9.53 Å². The third kappa shape index (κ3) is 4.71. The van der Waals surface area contributed by atoms with Crippen molar-refractivity contribution in [3.8, 4) is 17.0 Å². The van der Waals surface area contributed by atoms with Crippen LogP contribution in [0.5, 0.6) is 5.75 Å². The first-order chi connectivity index (χ1) is 13.6. The molecule has 0 bridgehead atoms. The van der Waals surface area contributed by atoms with Crippen molar-refractivity contribution >= 4 is 17.3 Å². The lowest BCUT2D eigenvalue weighted by molar-refractivity contribution is -0.139. The van der Waals surface area contributed by atoms with Crippen LogP contribution in [0.4, 0.5) is 11.4 Å². The fourth-order valence-corrected chi connectivity index (χ4v) is 2.87. The number of carbonyl (C=O) groups excluding carboxylic acids is 1. The highest BCUT2D eigenvalue weighted by atomic mass is 16.5. The first-order valence-corrected chi connectivity index (χ1v) is 9.42. The summed E-state index contributed by atoms with van der Waals surface area (Å²) in [7, 11) is 1.91. The second kappa shape index (κ2) is 9.08. The van der Waals surface area contributed by atoms with Gasteiger partial charge in [0.05, 0.1) is 23.0 Å². The number of azo groups is 1. The molecule has 0 fully saturated rings. The lowest BCUT2D eigenvalue weighted by Crippen LogP contribution is -2.19. The zero-order chi connectivity index (χ0) is 19.9. The van der Waals surface area contributed by atoms with Crippen LogP contribution >= 0.6 is 0 Å². The number of ether oxygens (including phenoxy) is 1. The summed E-state index contributed by atoms with van der Waals surface area (Å²) in [5.41, 5.74) is 3.57. The van der Waals surface area contributed by atoms with Crippen molar-refractivity contribution in [2.24, 2.45) is 23.2 Å². The maximum absolute atomic E-state index is 12.0. The number of carbonyl (C=O) groups is 1. The molecule has 0 spiro atoms. The second-order valence-electron chi connectivity index (χ2n) is 6.52. The molecule has 144 valence electrons. The number of rotatable bonds is 7. The Morgan fingerprint density at radius 2 is 1.54 bits per heavy atom. The van der Waals surface area contributed by atoms with Crippen molar-refractivity contribution in [3.05, 3.63) is 60.8 Å². The lowest BCUT2D eigenvalue weighted by atomic mass is 10.0. The lowest BCUT2D eigenvalue weighted by Gasteiger charge is -2.11. The van der Waals surface area contributed by atoms with Gasteiger partial charge < -0.3 is 4.74 Å². The third-order valence-electron chi connectivity index (χ3n) is 4.64. The van der Waals surface area contributed by atoms with Gasteiger partial charge in [0, 0.05) is 13.2 Å². The van der Waals surface area contributed by atoms with Gasteiger partial charge in [-0.3, -0.25) is 9.48 Å². The second-order valence-corrected chi connectivity index (χ2v) is 6.52. The summed E-state index contributed by atoms with van der Waals surface area (Å²) in [5, 5.41) is 12.7. The number of hydrogen-bond acceptors (Lipinski definition) is 5. The molecule has 3 rings (SSSR count). The molecule has 6 heteroatoms. The van der Waals surface area contributed by atoms with Gasteiger partial charge in [0.15, 0.2) is 0 Å². The SMILES string of the molecule is CCC(CC)C(=O)Oc1ccc(N=Nc2ccc(-c3ccnn3C)cc2)cc1. The van der Waals surface area contributed by atoms with Crippen molar-refractivity contribution in [2.75, 3.05) is 0 Å². The molecule has 0 N–H and O–H groups in total. The number of aryl methyl sites for hydroxylation is 1. The minimum absolute atomic E-state index is 0.0614. The van der Waals surface area contributed by atoms with Crippen molar-refractivity contribution in [3.63, 3.8) is 0 Å². The van der Waals surface area contributed by atoms with Crippen LogP contribution in [0.3, 0.4) is 0 Å². The Balaban J connectivity index is 1.63. The Morgan fingerprint density at radius 3 is 2.04 bits per heavy atom. The molecule has 0 saturated carbocycles. The van der Waals surface area contributed by atoms with Gasteiger partial charge >= 0.3 is 5.97 Å². The summed E-state index contributed by atoms with van der Waals surface area (Å²) in [6.07, 6.45) is 3.33. The summed E-state index contributed by atoms with van der Waals surface area (Å²) < 4.78 is 7.24. The Bertz CT molecular complexity index is 939. The fraction of sp³-hybridized carbons (Fsp3) is 0.273. The summed E-state index contributed by atoms with van der Waals surface area (Å²) in [5.74, 6) is 0.276. The molecule has 0 saturated heterocycles. The van der Waals surface area contributed by atoms with E-state index in [4.69, 9.17) is 4.74 Å². The number of aromatic nitrogens is 2. The normalized spacial score (nSPS) is 11.3. The maximum Gasteiger partial charge on any atom is 0.314 e. The number of esters is 1. The monoisotopic (exact) mass is 376 g/mol. The van der Waals surface area contributed by atoms with Crippen LogP contribution < -0.4 is 4.74 Å². The van der Waals surface area contributed by atoms with Gasteiger partial charge in [-0.15, -0.1) is 0 Å². The molecule has 6 nitrogen and oxygen atoms in total. The smallest absolute Gasteiger partial charge is 0.314 e. The molecule has 3 aromatic rings. The molecule has 0 aliphatic carbocycles. The van der Waals surface area contributed by atoms with Crippen LogP contribution in [-0.4, -0.2) is 15.7 Å². The number of hydrogen-bond donors (Lipinski definition) is 0. The summed E-state index contributed by atoms with van der Waals surface area (Å²) in [6.45, 7) is 3.98. The summed E-state index contributed by atoms with van der Waals surface area (Å²) in [4.78, 5) is 12.0. The van der Waals surface area contributed by atoms with E-state index in [0.717, 1.165) is 29.8 Å². The van der Waals surface area contributed by atoms with Crippen LogP contribution in [0, 0.1) is 5.92 Å². The minimum Gasteiger partial charge on any atom is -0.426 e. The van der Waals surface area contributed by atoms with E-state index in [1.807, 2.05) is 55.9 Å². The summed E-state index contributed by atoms with van der Waals surface area (Å²) >= 11 is 0. The molecule has 2 aromatic carbocycles. The topological polar surface area (TPSA) is 68.8 Å². The molecule has 0 aliphatic heterocycles. The van der Waals surface area contributed by atoms with Crippen molar-refractivity contribution in [1.29, 1.82) is 0 Å². The molecular weight excluding hydrogens is 352 g/mol. The molecular formula is C22H24N4O2. The first-order valence-electron chi connectivity index (χ1n) is 9.42. The molecule has 0 atom stereocenters. The van der Waals surface area contributed by atoms with E-state index in [-0.39, 0.29) is 11.9 Å². The van der Waals surface area contributed by atoms with Crippen molar-refractivity contribution in [2.45, 2.75) is 26.7 Å². The largest absolute Gasteiger partial charge is 0.426 e. The zero-order valence-electron chi connectivity index (χ0n) is 16.4. The van der Waals surface area contributed by atoms with Crippen LogP contribution in [0.2, 0.25) is 0 Å². The Labute approximate surface area is 164 Å². The van der Waals surface area contributed by atoms with Crippen LogP contribution in [0.25, 0.3) is 11.3 Å². The minimum atomic E-state index is -0.187. The Hall–Kier alpha value is -3.28. The average Bonchev–Trinajstić information content (AvgIpc) is 3.15. The van der Waals surface area contributed by atoms with E-state index in [1.54, 1.807) is 30.5 Å². The van der Waals surface area contributed by atoms with Gasteiger partial charge in [0.2, 0.25) is 0 Å². The highest BCUT2D eigenvalue weighted by Gasteiger charge is 2.16. The number of benzene rings is 2. The van der Waals surface area contributed by atoms with E-state index in [2.05, 4.69) is 15.3 Å². The Kier molecular flexibility index (Phi) is 6.32. The Morgan fingerprint density at radius 1 is 0.964 bits per heavy atom. The van der Waals surface area contributed by atoms with E-state index in [9.17, 15) is 4.79 Å². The van der Waals surface area contributed by atoms with Crippen LogP contribution in [0.1, 0.15) is 26.7 Å². The van der Waals surface area contributed by atoms with Crippen LogP contribution in [-0.2, 0) is 11.8 Å². The van der Waals surface area contributed by atoms with E-state index in [0.29, 0.717) is 11.4 Å². The summed E-state index contributed by atoms with van der Waals surface area (Å²) in [6, 6.07) is 16.8. The van der Waals surface area contributed by atoms with Gasteiger partial charge in [-0.2, -0.15) is 15.3 Å². The maximum atomic E-state index is 12.0. The van der Waals surface area contributed by atoms with E-state index < -0.39 is 0 Å². The van der Waals surface area contributed by atoms with Gasteiger partial charge in [-0.1, -0.05) is 26.0 Å². The predicted molar refractivity (Wildman–Crippen MR) is 109 cm³/mol. The van der Waals surface area contributed by atoms with Gasteiger partial charge in [0.25, 0.3) is 0 Å². The molecule has 0 radical (unpaired) electrons. The third-order valence-corrected chi connectivity index (χ3v) is 4.64. The number of nitrogens with zero attached hydrogens (tertiary/aromatic N) is 4. The van der Waals surface area contributed by atoms with Gasteiger partial charge in [0.1, 0.15) is 5.75 Å². The molecule has 0 aliphatic rings. The van der Waals surface area contributed by atoms with E-state index >= 15 is 0 Å². The molecule has 1 heterocycles. The molecule has 1 aromatic heterocycles. The molecule has 0 unspecified atom stereocenters. The van der Waals surface area contributed by atoms with Gasteiger partial charge in [-0.25, -0.2) is 0 Å². The standard InChI is InChI=1S/C22H24N4O2/c1-4-16(5-2)22(27)28-20-12-10-19(11-13-20)25-24-18-8-6-17(7-9-18)21-14-15-23-26(21)3/h6-16H,4-5H2,1-3H3. The highest BCUT2D eigenvalue weighted by molar-refractivity contribution is 5.75. The quantitative estimate of drug-likeness (QED) is 0.295. The molecule has 28 heavy (non-hydrogen) atoms. The average molecular weight is 376 g/mol. The van der Waals surface area contributed by atoms with Crippen molar-refractivity contribution in [1.82, 2.24) is 9.78 Å².